The maximum atomic E-state index is 5.47. The van der Waals surface area contributed by atoms with E-state index in [9.17, 15) is 0 Å². The van der Waals surface area contributed by atoms with Crippen LogP contribution in [-0.2, 0) is 0 Å². The first-order chi connectivity index (χ1) is 9.41. The summed E-state index contributed by atoms with van der Waals surface area (Å²) in [4.78, 5) is 0. The van der Waals surface area contributed by atoms with E-state index >= 15 is 0 Å². The average molecular weight is 348 g/mol. The molecular formula is C18H39NSe. The Hall–Kier alpha value is 0.219. The van der Waals surface area contributed by atoms with E-state index in [-0.39, 0.29) is 17.1 Å². The molecule has 0 spiro atoms. The van der Waals surface area contributed by atoms with Crippen LogP contribution in [0.1, 0.15) is 96.8 Å². The summed E-state index contributed by atoms with van der Waals surface area (Å²) >= 11 is 0. The van der Waals surface area contributed by atoms with Crippen molar-refractivity contribution in [3.8, 4) is 0 Å². The number of hydrogen-bond acceptors (Lipinski definition) is 1. The van der Waals surface area contributed by atoms with E-state index < -0.39 is 0 Å². The van der Waals surface area contributed by atoms with Crippen molar-refractivity contribution in [3.05, 3.63) is 12.2 Å². The normalized spacial score (nSPS) is 10.9. The van der Waals surface area contributed by atoms with Crippen molar-refractivity contribution in [2.45, 2.75) is 96.8 Å². The van der Waals surface area contributed by atoms with Crippen LogP contribution in [0.4, 0.5) is 0 Å². The molecule has 122 valence electrons. The number of rotatable bonds is 15. The molecule has 20 heavy (non-hydrogen) atoms. The van der Waals surface area contributed by atoms with Crippen LogP contribution in [0.5, 0.6) is 0 Å². The van der Waals surface area contributed by atoms with Crippen LogP contribution in [-0.4, -0.2) is 23.6 Å². The summed E-state index contributed by atoms with van der Waals surface area (Å²) in [5.41, 5.74) is 5.47. The third-order valence-electron chi connectivity index (χ3n) is 3.72. The zero-order valence-electron chi connectivity index (χ0n) is 13.8. The summed E-state index contributed by atoms with van der Waals surface area (Å²) in [6, 6.07) is 0. The first-order valence-corrected chi connectivity index (χ1v) is 8.77. The van der Waals surface area contributed by atoms with Gasteiger partial charge in [-0.15, -0.1) is 0 Å². The minimum absolute atomic E-state index is 0. The SMILES string of the molecule is CCCCCCCC/C=C\CCCCCCCCN.[SeH2]. The van der Waals surface area contributed by atoms with Crippen LogP contribution in [0.2, 0.25) is 0 Å². The van der Waals surface area contributed by atoms with Gasteiger partial charge >= 0.3 is 17.1 Å². The molecule has 0 bridgehead atoms. The van der Waals surface area contributed by atoms with E-state index in [1.165, 1.54) is 89.9 Å². The van der Waals surface area contributed by atoms with Crippen molar-refractivity contribution < 1.29 is 0 Å². The molecule has 0 atom stereocenters. The summed E-state index contributed by atoms with van der Waals surface area (Å²) in [5.74, 6) is 0. The minimum atomic E-state index is 0. The van der Waals surface area contributed by atoms with Gasteiger partial charge in [0.05, 0.1) is 0 Å². The van der Waals surface area contributed by atoms with Gasteiger partial charge in [0.25, 0.3) is 0 Å². The Morgan fingerprint density at radius 2 is 1.00 bits per heavy atom. The van der Waals surface area contributed by atoms with Crippen LogP contribution in [0, 0.1) is 0 Å². The van der Waals surface area contributed by atoms with Crippen LogP contribution >= 0.6 is 0 Å². The Bertz CT molecular complexity index is 180. The Morgan fingerprint density at radius 1 is 0.600 bits per heavy atom. The van der Waals surface area contributed by atoms with E-state index in [2.05, 4.69) is 19.1 Å². The Balaban J connectivity index is 0. The fourth-order valence-electron chi connectivity index (χ4n) is 2.39. The Kier molecular flexibility index (Phi) is 24.2. The summed E-state index contributed by atoms with van der Waals surface area (Å²) in [6.45, 7) is 3.14. The zero-order chi connectivity index (χ0) is 14.0. The predicted molar refractivity (Wildman–Crippen MR) is 97.1 cm³/mol. The van der Waals surface area contributed by atoms with Gasteiger partial charge in [0.15, 0.2) is 0 Å². The van der Waals surface area contributed by atoms with Crippen molar-refractivity contribution in [2.24, 2.45) is 5.73 Å². The fraction of sp³-hybridized carbons (Fsp3) is 0.889. The molecule has 0 fully saturated rings. The molecule has 0 saturated carbocycles. The van der Waals surface area contributed by atoms with Gasteiger partial charge < -0.3 is 5.73 Å². The predicted octanol–water partition coefficient (Wildman–Crippen LogP) is 5.07. The molecule has 0 aromatic heterocycles. The second-order valence-corrected chi connectivity index (χ2v) is 5.73. The molecule has 0 aliphatic rings. The second kappa shape index (κ2) is 21.5. The van der Waals surface area contributed by atoms with Gasteiger partial charge in [-0.05, 0) is 38.6 Å². The van der Waals surface area contributed by atoms with E-state index in [4.69, 9.17) is 5.73 Å². The first kappa shape index (κ1) is 22.5. The monoisotopic (exact) mass is 349 g/mol. The van der Waals surface area contributed by atoms with Crippen molar-refractivity contribution in [3.63, 3.8) is 0 Å². The fourth-order valence-corrected chi connectivity index (χ4v) is 2.39. The van der Waals surface area contributed by atoms with E-state index in [0.29, 0.717) is 0 Å². The number of nitrogens with two attached hydrogens (primary N) is 1. The van der Waals surface area contributed by atoms with Crippen molar-refractivity contribution in [1.29, 1.82) is 0 Å². The summed E-state index contributed by atoms with van der Waals surface area (Å²) in [5, 5.41) is 0. The molecule has 0 aromatic carbocycles. The number of allylic oxidation sites excluding steroid dienone is 2. The summed E-state index contributed by atoms with van der Waals surface area (Å²) < 4.78 is 0. The van der Waals surface area contributed by atoms with Crippen molar-refractivity contribution in [2.75, 3.05) is 6.54 Å². The molecule has 0 saturated heterocycles. The molecular weight excluding hydrogens is 309 g/mol. The zero-order valence-corrected chi connectivity index (χ0v) is 15.9. The maximum absolute atomic E-state index is 5.47. The molecule has 0 rings (SSSR count). The van der Waals surface area contributed by atoms with Crippen molar-refractivity contribution >= 4 is 17.1 Å². The second-order valence-electron chi connectivity index (χ2n) is 5.73. The summed E-state index contributed by atoms with van der Waals surface area (Å²) in [6.07, 6.45) is 23.9. The molecule has 2 N–H and O–H groups in total. The average Bonchev–Trinajstić information content (AvgIpc) is 2.43. The van der Waals surface area contributed by atoms with Gasteiger partial charge in [-0.25, -0.2) is 0 Å². The summed E-state index contributed by atoms with van der Waals surface area (Å²) in [7, 11) is 0. The number of unbranched alkanes of at least 4 members (excludes halogenated alkanes) is 12. The quantitative estimate of drug-likeness (QED) is 0.250. The molecule has 1 nitrogen and oxygen atoms in total. The molecule has 0 aliphatic carbocycles. The standard InChI is InChI=1S/C18H37N.H2Se/c1-2-3-4-5-6-7-8-9-10-11-12-13-14-15-16-17-18-19;/h9-10H,2-8,11-19H2,1H3;1H2/b10-9-;. The van der Waals surface area contributed by atoms with Crippen LogP contribution < -0.4 is 5.73 Å². The molecule has 0 heterocycles. The molecule has 0 unspecified atom stereocenters. The van der Waals surface area contributed by atoms with Gasteiger partial charge in [-0.2, -0.15) is 0 Å². The van der Waals surface area contributed by atoms with E-state index in [0.717, 1.165) is 6.54 Å². The van der Waals surface area contributed by atoms with E-state index in [1.54, 1.807) is 0 Å². The molecule has 0 radical (unpaired) electrons. The third-order valence-corrected chi connectivity index (χ3v) is 3.72. The van der Waals surface area contributed by atoms with Crippen LogP contribution in [0.15, 0.2) is 12.2 Å². The van der Waals surface area contributed by atoms with Gasteiger partial charge in [0.2, 0.25) is 0 Å². The van der Waals surface area contributed by atoms with E-state index in [1.807, 2.05) is 0 Å². The third kappa shape index (κ3) is 20.5. The van der Waals surface area contributed by atoms with Crippen molar-refractivity contribution in [1.82, 2.24) is 0 Å². The molecule has 0 aliphatic heterocycles. The number of hydrogen-bond donors (Lipinski definition) is 1. The van der Waals surface area contributed by atoms with Crippen LogP contribution in [0.25, 0.3) is 0 Å². The molecule has 0 amide bonds. The van der Waals surface area contributed by atoms with Gasteiger partial charge in [0.1, 0.15) is 0 Å². The molecule has 2 heteroatoms. The topological polar surface area (TPSA) is 26.0 Å². The Morgan fingerprint density at radius 3 is 1.45 bits per heavy atom. The van der Waals surface area contributed by atoms with Crippen LogP contribution in [0.3, 0.4) is 0 Å². The Labute approximate surface area is 138 Å². The van der Waals surface area contributed by atoms with Gasteiger partial charge in [-0.1, -0.05) is 76.9 Å². The van der Waals surface area contributed by atoms with Gasteiger partial charge in [-0.3, -0.25) is 0 Å². The molecule has 0 aromatic rings. The van der Waals surface area contributed by atoms with Gasteiger partial charge in [0, 0.05) is 0 Å². The first-order valence-electron chi connectivity index (χ1n) is 8.77.